The van der Waals surface area contributed by atoms with Crippen molar-refractivity contribution in [3.05, 3.63) is 29.0 Å². The summed E-state index contributed by atoms with van der Waals surface area (Å²) in [5.74, 6) is -0.903. The molecule has 4 aliphatic rings. The molecule has 1 saturated heterocycles. The van der Waals surface area contributed by atoms with Gasteiger partial charge in [-0.2, -0.15) is 0 Å². The molecule has 1 N–H and O–H groups in total. The fourth-order valence-electron chi connectivity index (χ4n) is 4.38. The molecule has 1 atom stereocenters. The lowest BCUT2D eigenvalue weighted by molar-refractivity contribution is -0.329. The molecule has 30 heavy (non-hydrogen) atoms. The van der Waals surface area contributed by atoms with E-state index in [4.69, 9.17) is 21.1 Å². The van der Waals surface area contributed by atoms with E-state index in [0.29, 0.717) is 19.3 Å². The molecule has 7 nitrogen and oxygen atoms in total. The van der Waals surface area contributed by atoms with Crippen LogP contribution in [0.25, 0.3) is 0 Å². The molecule has 2 bridgehead atoms. The van der Waals surface area contributed by atoms with Crippen LogP contribution in [0.15, 0.2) is 18.2 Å². The molecule has 0 unspecified atom stereocenters. The number of nitrogens with one attached hydrogen (secondary N) is 1. The third kappa shape index (κ3) is 4.00. The Morgan fingerprint density at radius 3 is 2.67 bits per heavy atom. The fraction of sp³-hybridized carbons (Fsp3) is 0.556. The number of halogens is 5. The van der Waals surface area contributed by atoms with Crippen molar-refractivity contribution >= 4 is 23.6 Å². The van der Waals surface area contributed by atoms with Crippen LogP contribution in [0.3, 0.4) is 0 Å². The van der Waals surface area contributed by atoms with Crippen LogP contribution in [0.4, 0.5) is 22.4 Å². The fourth-order valence-corrected chi connectivity index (χ4v) is 4.50. The van der Waals surface area contributed by atoms with Crippen molar-refractivity contribution in [3.63, 3.8) is 0 Å². The molecule has 1 aliphatic heterocycles. The molecular weight excluding hydrogens is 436 g/mol. The van der Waals surface area contributed by atoms with Gasteiger partial charge in [-0.3, -0.25) is 14.4 Å². The van der Waals surface area contributed by atoms with Gasteiger partial charge in [-0.25, -0.2) is 9.18 Å². The monoisotopic (exact) mass is 452 g/mol. The highest BCUT2D eigenvalue weighted by atomic mass is 35.5. The normalized spacial score (nSPS) is 29.7. The lowest BCUT2D eigenvalue weighted by atomic mass is 9.43. The number of nitrogens with zero attached hydrogens (tertiary/aromatic N) is 1. The van der Waals surface area contributed by atoms with Gasteiger partial charge >= 0.3 is 12.5 Å². The number of ether oxygens (including phenoxy) is 3. The van der Waals surface area contributed by atoms with Crippen LogP contribution in [0.1, 0.15) is 19.3 Å². The van der Waals surface area contributed by atoms with Crippen molar-refractivity contribution in [3.8, 4) is 5.75 Å². The SMILES string of the molecule is O=C(COc1ccc(Cl)c(F)c1)NC12CC(N3C[C@@H](COC(F)(F)F)OC3=O)(C1)C2. The van der Waals surface area contributed by atoms with E-state index in [-0.39, 0.29) is 23.9 Å². The van der Waals surface area contributed by atoms with Crippen LogP contribution < -0.4 is 10.1 Å². The predicted molar refractivity (Wildman–Crippen MR) is 93.3 cm³/mol. The van der Waals surface area contributed by atoms with Gasteiger partial charge in [0.1, 0.15) is 17.7 Å². The van der Waals surface area contributed by atoms with Gasteiger partial charge in [0.05, 0.1) is 23.7 Å². The molecule has 0 spiro atoms. The molecule has 1 heterocycles. The molecule has 12 heteroatoms. The Labute approximate surface area is 173 Å². The number of hydrogen-bond donors (Lipinski definition) is 1. The summed E-state index contributed by atoms with van der Waals surface area (Å²) in [6, 6.07) is 3.83. The number of carbonyl (C=O) groups excluding carboxylic acids is 2. The molecule has 3 aliphatic carbocycles. The Bertz CT molecular complexity index is 861. The van der Waals surface area contributed by atoms with Gasteiger partial charge < -0.3 is 14.8 Å². The van der Waals surface area contributed by atoms with Gasteiger partial charge in [0, 0.05) is 11.6 Å². The van der Waals surface area contributed by atoms with Crippen molar-refractivity contribution in [2.24, 2.45) is 0 Å². The molecule has 3 saturated carbocycles. The lowest BCUT2D eigenvalue weighted by Gasteiger charge is -2.72. The first-order valence-electron chi connectivity index (χ1n) is 9.07. The summed E-state index contributed by atoms with van der Waals surface area (Å²) < 4.78 is 63.8. The van der Waals surface area contributed by atoms with E-state index < -0.39 is 48.0 Å². The number of rotatable bonds is 7. The first-order valence-corrected chi connectivity index (χ1v) is 9.45. The second-order valence-electron chi connectivity index (χ2n) is 7.82. The molecule has 2 amide bonds. The minimum absolute atomic E-state index is 0.00415. The highest BCUT2D eigenvalue weighted by Crippen LogP contribution is 2.64. The first kappa shape index (κ1) is 21.0. The molecule has 164 valence electrons. The highest BCUT2D eigenvalue weighted by molar-refractivity contribution is 6.30. The standard InChI is InChI=1S/C18H17ClF4N2O5/c19-12-2-1-10(3-13(12)20)28-6-14(26)24-16-7-17(8-16,9-16)25-4-11(30-15(25)27)5-29-18(21,22)23/h1-3,11H,4-9H2,(H,24,26)/t11-,16?,17?/m0/s1. The molecule has 1 aromatic carbocycles. The first-order chi connectivity index (χ1) is 14.0. The Hall–Kier alpha value is -2.27. The van der Waals surface area contributed by atoms with Gasteiger partial charge in [-0.05, 0) is 31.4 Å². The maximum absolute atomic E-state index is 13.4. The summed E-state index contributed by atoms with van der Waals surface area (Å²) in [7, 11) is 0. The zero-order valence-electron chi connectivity index (χ0n) is 15.4. The second-order valence-corrected chi connectivity index (χ2v) is 8.23. The molecule has 4 fully saturated rings. The number of cyclic esters (lactones) is 1. The van der Waals surface area contributed by atoms with Gasteiger partial charge in [-0.15, -0.1) is 13.2 Å². The lowest BCUT2D eigenvalue weighted by Crippen LogP contribution is -2.84. The maximum atomic E-state index is 13.4. The second kappa shape index (κ2) is 7.16. The third-order valence-corrected chi connectivity index (χ3v) is 5.85. The zero-order valence-corrected chi connectivity index (χ0v) is 16.2. The molecule has 1 aromatic rings. The Balaban J connectivity index is 1.23. The van der Waals surface area contributed by atoms with Crippen LogP contribution in [0.2, 0.25) is 5.02 Å². The molecule has 5 rings (SSSR count). The van der Waals surface area contributed by atoms with E-state index in [2.05, 4.69) is 10.1 Å². The molecular formula is C18H17ClF4N2O5. The highest BCUT2D eigenvalue weighted by Gasteiger charge is 2.73. The average Bonchev–Trinajstić information content (AvgIpc) is 2.96. The summed E-state index contributed by atoms with van der Waals surface area (Å²) in [6.07, 6.45) is -5.04. The van der Waals surface area contributed by atoms with Crippen LogP contribution in [0.5, 0.6) is 5.75 Å². The Morgan fingerprint density at radius 2 is 2.03 bits per heavy atom. The van der Waals surface area contributed by atoms with Gasteiger partial charge in [0.25, 0.3) is 5.91 Å². The van der Waals surface area contributed by atoms with Crippen LogP contribution in [-0.4, -0.2) is 60.2 Å². The molecule has 0 aromatic heterocycles. The largest absolute Gasteiger partial charge is 0.522 e. The quantitative estimate of drug-likeness (QED) is 0.644. The van der Waals surface area contributed by atoms with Crippen molar-refractivity contribution < 1.29 is 41.4 Å². The smallest absolute Gasteiger partial charge is 0.484 e. The van der Waals surface area contributed by atoms with Gasteiger partial charge in [0.2, 0.25) is 0 Å². The van der Waals surface area contributed by atoms with E-state index in [0.717, 1.165) is 6.07 Å². The van der Waals surface area contributed by atoms with E-state index in [1.165, 1.54) is 17.0 Å². The summed E-state index contributed by atoms with van der Waals surface area (Å²) in [4.78, 5) is 25.6. The van der Waals surface area contributed by atoms with Gasteiger partial charge in [-0.1, -0.05) is 11.6 Å². The van der Waals surface area contributed by atoms with Crippen molar-refractivity contribution in [1.29, 1.82) is 0 Å². The predicted octanol–water partition coefficient (Wildman–Crippen LogP) is 3.01. The van der Waals surface area contributed by atoms with E-state index in [1.54, 1.807) is 0 Å². The van der Waals surface area contributed by atoms with Crippen LogP contribution >= 0.6 is 11.6 Å². The number of carbonyl (C=O) groups is 2. The van der Waals surface area contributed by atoms with E-state index in [9.17, 15) is 27.2 Å². The number of alkyl halides is 3. The van der Waals surface area contributed by atoms with Gasteiger partial charge in [0.15, 0.2) is 6.61 Å². The number of hydrogen-bond acceptors (Lipinski definition) is 5. The number of benzene rings is 1. The number of amides is 2. The zero-order chi connectivity index (χ0) is 21.7. The maximum Gasteiger partial charge on any atom is 0.522 e. The van der Waals surface area contributed by atoms with Crippen molar-refractivity contribution in [2.45, 2.75) is 42.8 Å². The summed E-state index contributed by atoms with van der Waals surface area (Å²) in [5.41, 5.74) is -0.996. The van der Waals surface area contributed by atoms with Crippen LogP contribution in [-0.2, 0) is 14.3 Å². The summed E-state index contributed by atoms with van der Waals surface area (Å²) in [6.45, 7) is -1.07. The van der Waals surface area contributed by atoms with E-state index in [1.807, 2.05) is 0 Å². The van der Waals surface area contributed by atoms with Crippen molar-refractivity contribution in [1.82, 2.24) is 10.2 Å². The summed E-state index contributed by atoms with van der Waals surface area (Å²) in [5, 5.41) is 2.78. The van der Waals surface area contributed by atoms with Crippen LogP contribution in [0, 0.1) is 5.82 Å². The van der Waals surface area contributed by atoms with E-state index >= 15 is 0 Å². The minimum Gasteiger partial charge on any atom is -0.484 e. The Kier molecular flexibility index (Phi) is 5.00. The average molecular weight is 453 g/mol. The summed E-state index contributed by atoms with van der Waals surface area (Å²) >= 11 is 5.58. The molecule has 0 radical (unpaired) electrons. The van der Waals surface area contributed by atoms with Crippen molar-refractivity contribution in [2.75, 3.05) is 19.8 Å². The minimum atomic E-state index is -4.79. The third-order valence-electron chi connectivity index (χ3n) is 5.55. The topological polar surface area (TPSA) is 77.1 Å². The Morgan fingerprint density at radius 1 is 1.33 bits per heavy atom.